The van der Waals surface area contributed by atoms with Gasteiger partial charge in [0.05, 0.1) is 5.92 Å². The molecule has 8 heteroatoms. The van der Waals surface area contributed by atoms with E-state index in [4.69, 9.17) is 12.2 Å². The number of aromatic amines is 1. The summed E-state index contributed by atoms with van der Waals surface area (Å²) in [4.78, 5) is 28.7. The number of likely N-dealkylation sites (tertiary alicyclic amines) is 2. The molecule has 2 aliphatic rings. The summed E-state index contributed by atoms with van der Waals surface area (Å²) in [6.45, 7) is 10.4. The lowest BCUT2D eigenvalue weighted by Gasteiger charge is -2.38. The third-order valence-corrected chi connectivity index (χ3v) is 5.89. The molecule has 0 saturated carbocycles. The molecule has 7 nitrogen and oxygen atoms in total. The highest BCUT2D eigenvalue weighted by atomic mass is 32.1. The summed E-state index contributed by atoms with van der Waals surface area (Å²) < 4.78 is 2.69. The van der Waals surface area contributed by atoms with Crippen LogP contribution in [-0.2, 0) is 9.59 Å². The predicted octanol–water partition coefficient (Wildman–Crippen LogP) is 2.65. The van der Waals surface area contributed by atoms with E-state index in [1.54, 1.807) is 4.90 Å². The van der Waals surface area contributed by atoms with Crippen LogP contribution in [-0.4, -0.2) is 62.6 Å². The molecule has 0 bridgehead atoms. The van der Waals surface area contributed by atoms with Crippen LogP contribution in [0.2, 0.25) is 0 Å². The zero-order chi connectivity index (χ0) is 19.6. The van der Waals surface area contributed by atoms with Gasteiger partial charge in [0, 0.05) is 38.1 Å². The zero-order valence-corrected chi connectivity index (χ0v) is 17.0. The first-order valence-corrected chi connectivity index (χ1v) is 10.2. The van der Waals surface area contributed by atoms with E-state index in [1.807, 2.05) is 4.90 Å². The Hall–Kier alpha value is -1.96. The number of nitrogens with zero attached hydrogens (tertiary/aromatic N) is 4. The number of hydrogen-bond acceptors (Lipinski definition) is 4. The second kappa shape index (κ2) is 8.37. The number of amides is 2. The Balaban J connectivity index is 1.71. The molecule has 2 fully saturated rings. The van der Waals surface area contributed by atoms with Gasteiger partial charge in [-0.3, -0.25) is 14.7 Å². The molecular formula is C19H29N5O2S. The first-order valence-electron chi connectivity index (χ1n) is 9.79. The topological polar surface area (TPSA) is 74.2 Å². The van der Waals surface area contributed by atoms with Crippen molar-refractivity contribution < 1.29 is 9.59 Å². The average molecular weight is 392 g/mol. The van der Waals surface area contributed by atoms with Crippen molar-refractivity contribution in [3.05, 3.63) is 23.3 Å². The zero-order valence-electron chi connectivity index (χ0n) is 16.2. The van der Waals surface area contributed by atoms with Crippen molar-refractivity contribution in [1.82, 2.24) is 24.6 Å². The Bertz CT molecular complexity index is 768. The molecule has 2 saturated heterocycles. The van der Waals surface area contributed by atoms with Gasteiger partial charge in [-0.15, -0.1) is 0 Å². The minimum atomic E-state index is -0.118. The minimum absolute atomic E-state index is 0.0866. The monoisotopic (exact) mass is 391 g/mol. The lowest BCUT2D eigenvalue weighted by atomic mass is 9.92. The van der Waals surface area contributed by atoms with Crippen LogP contribution in [0.3, 0.4) is 0 Å². The average Bonchev–Trinajstić information content (AvgIpc) is 3.08. The van der Waals surface area contributed by atoms with Gasteiger partial charge in [0.15, 0.2) is 4.77 Å². The van der Waals surface area contributed by atoms with Crippen LogP contribution in [0.1, 0.15) is 57.3 Å². The van der Waals surface area contributed by atoms with Gasteiger partial charge in [-0.25, -0.2) is 0 Å². The number of rotatable bonds is 4. The predicted molar refractivity (Wildman–Crippen MR) is 106 cm³/mol. The van der Waals surface area contributed by atoms with E-state index in [2.05, 4.69) is 35.2 Å². The van der Waals surface area contributed by atoms with Gasteiger partial charge in [0.2, 0.25) is 11.8 Å². The molecule has 3 heterocycles. The van der Waals surface area contributed by atoms with Crippen LogP contribution in [0.4, 0.5) is 0 Å². The minimum Gasteiger partial charge on any atom is -0.342 e. The Kier molecular flexibility index (Phi) is 6.14. The molecule has 148 valence electrons. The lowest BCUT2D eigenvalue weighted by molar-refractivity contribution is -0.140. The van der Waals surface area contributed by atoms with Crippen molar-refractivity contribution in [2.75, 3.05) is 26.2 Å². The van der Waals surface area contributed by atoms with Crippen LogP contribution < -0.4 is 0 Å². The second-order valence-electron chi connectivity index (χ2n) is 7.80. The number of hydrogen-bond donors (Lipinski definition) is 1. The van der Waals surface area contributed by atoms with Crippen LogP contribution in [0.5, 0.6) is 0 Å². The summed E-state index contributed by atoms with van der Waals surface area (Å²) in [5, 5.41) is 7.36. The Labute approximate surface area is 165 Å². The molecule has 1 N–H and O–H groups in total. The normalized spacial score (nSPS) is 23.5. The van der Waals surface area contributed by atoms with Crippen LogP contribution >= 0.6 is 12.2 Å². The van der Waals surface area contributed by atoms with E-state index in [1.165, 1.54) is 6.08 Å². The van der Waals surface area contributed by atoms with Crippen molar-refractivity contribution in [2.45, 2.75) is 51.5 Å². The maximum atomic E-state index is 13.1. The molecule has 0 radical (unpaired) electrons. The van der Waals surface area contributed by atoms with E-state index >= 15 is 0 Å². The summed E-state index contributed by atoms with van der Waals surface area (Å²) >= 11 is 5.37. The Morgan fingerprint density at radius 2 is 1.93 bits per heavy atom. The smallest absolute Gasteiger partial charge is 0.245 e. The number of carbonyl (C=O) groups is 2. The first-order chi connectivity index (χ1) is 12.9. The maximum absolute atomic E-state index is 13.1. The summed E-state index contributed by atoms with van der Waals surface area (Å²) in [5.41, 5.74) is 0. The first kappa shape index (κ1) is 19.8. The van der Waals surface area contributed by atoms with E-state index < -0.39 is 0 Å². The summed E-state index contributed by atoms with van der Waals surface area (Å²) in [5.74, 6) is 1.09. The molecule has 2 unspecified atom stereocenters. The fourth-order valence-corrected chi connectivity index (χ4v) is 4.61. The summed E-state index contributed by atoms with van der Waals surface area (Å²) in [6.07, 6.45) is 4.99. The van der Waals surface area contributed by atoms with E-state index in [0.717, 1.165) is 38.1 Å². The quantitative estimate of drug-likeness (QED) is 0.632. The molecular weight excluding hydrogens is 362 g/mol. The SMILES string of the molecule is C=CC(=O)N1CCCC(C(=O)N2CCCC(c3n[nH]c(=S)n3C(C)C)C2)C1. The fraction of sp³-hybridized carbons (Fsp3) is 0.684. The third-order valence-electron chi connectivity index (χ3n) is 5.60. The van der Waals surface area contributed by atoms with Crippen molar-refractivity contribution in [1.29, 1.82) is 0 Å². The highest BCUT2D eigenvalue weighted by Crippen LogP contribution is 2.29. The number of piperidine rings is 2. The van der Waals surface area contributed by atoms with Crippen molar-refractivity contribution in [3.63, 3.8) is 0 Å². The summed E-state index contributed by atoms with van der Waals surface area (Å²) in [7, 11) is 0. The lowest BCUT2D eigenvalue weighted by Crippen LogP contribution is -2.48. The Morgan fingerprint density at radius 3 is 2.63 bits per heavy atom. The van der Waals surface area contributed by atoms with Gasteiger partial charge in [-0.05, 0) is 57.8 Å². The van der Waals surface area contributed by atoms with Gasteiger partial charge in [0.25, 0.3) is 0 Å². The molecule has 2 amide bonds. The van der Waals surface area contributed by atoms with E-state index in [0.29, 0.717) is 24.4 Å². The van der Waals surface area contributed by atoms with E-state index in [-0.39, 0.29) is 29.7 Å². The molecule has 0 aromatic carbocycles. The molecule has 2 aliphatic heterocycles. The number of nitrogens with one attached hydrogen (secondary N) is 1. The molecule has 3 rings (SSSR count). The molecule has 1 aromatic rings. The van der Waals surface area contributed by atoms with Crippen molar-refractivity contribution in [3.8, 4) is 0 Å². The fourth-order valence-electron chi connectivity index (χ4n) is 4.26. The molecule has 0 spiro atoms. The van der Waals surface area contributed by atoms with Crippen LogP contribution in [0, 0.1) is 10.7 Å². The third kappa shape index (κ3) is 4.15. The molecule has 0 aliphatic carbocycles. The van der Waals surface area contributed by atoms with Crippen LogP contribution in [0.25, 0.3) is 0 Å². The van der Waals surface area contributed by atoms with Gasteiger partial charge >= 0.3 is 0 Å². The molecule has 27 heavy (non-hydrogen) atoms. The van der Waals surface area contributed by atoms with E-state index in [9.17, 15) is 9.59 Å². The van der Waals surface area contributed by atoms with Crippen molar-refractivity contribution in [2.24, 2.45) is 5.92 Å². The van der Waals surface area contributed by atoms with Gasteiger partial charge < -0.3 is 14.4 Å². The van der Waals surface area contributed by atoms with Gasteiger partial charge in [0.1, 0.15) is 5.82 Å². The summed E-state index contributed by atoms with van der Waals surface area (Å²) in [6, 6.07) is 0.231. The number of H-pyrrole nitrogens is 1. The highest BCUT2D eigenvalue weighted by molar-refractivity contribution is 7.71. The highest BCUT2D eigenvalue weighted by Gasteiger charge is 2.34. The molecule has 2 atom stereocenters. The number of carbonyl (C=O) groups excluding carboxylic acids is 2. The largest absolute Gasteiger partial charge is 0.342 e. The Morgan fingerprint density at radius 1 is 1.22 bits per heavy atom. The second-order valence-corrected chi connectivity index (χ2v) is 8.19. The standard InChI is InChI=1S/C19H29N5O2S/c1-4-16(25)22-9-6-8-15(12-22)18(26)23-10-5-7-14(11-23)17-20-21-19(27)24(17)13(2)3/h4,13-15H,1,5-12H2,2-3H3,(H,21,27). The maximum Gasteiger partial charge on any atom is 0.245 e. The number of aromatic nitrogens is 3. The molecule has 1 aromatic heterocycles. The van der Waals surface area contributed by atoms with Crippen LogP contribution in [0.15, 0.2) is 12.7 Å². The van der Waals surface area contributed by atoms with Crippen molar-refractivity contribution >= 4 is 24.0 Å². The van der Waals surface area contributed by atoms with Gasteiger partial charge in [-0.2, -0.15) is 5.10 Å². The van der Waals surface area contributed by atoms with Gasteiger partial charge in [-0.1, -0.05) is 6.58 Å².